The predicted octanol–water partition coefficient (Wildman–Crippen LogP) is 3.86. The molecular weight excluding hydrogens is 298 g/mol. The van der Waals surface area contributed by atoms with Crippen LogP contribution in [0, 0.1) is 10.1 Å². The lowest BCUT2D eigenvalue weighted by atomic mass is 10.2. The highest BCUT2D eigenvalue weighted by Crippen LogP contribution is 2.36. The van der Waals surface area contributed by atoms with Crippen LogP contribution in [0.25, 0.3) is 0 Å². The molecule has 0 radical (unpaired) electrons. The lowest BCUT2D eigenvalue weighted by Gasteiger charge is -2.11. The summed E-state index contributed by atoms with van der Waals surface area (Å²) in [6.45, 7) is 0. The third-order valence-electron chi connectivity index (χ3n) is 2.68. The van der Waals surface area contributed by atoms with Gasteiger partial charge in [0.25, 0.3) is 5.69 Å². The van der Waals surface area contributed by atoms with Crippen LogP contribution in [0.5, 0.6) is 17.2 Å². The molecule has 0 N–H and O–H groups in total. The monoisotopic (exact) mass is 307 g/mol. The number of nitro groups is 1. The van der Waals surface area contributed by atoms with Crippen molar-refractivity contribution in [3.05, 3.63) is 57.1 Å². The Kier molecular flexibility index (Phi) is 4.39. The van der Waals surface area contributed by atoms with Gasteiger partial charge in [-0.2, -0.15) is 0 Å². The Balaban J connectivity index is 2.42. The van der Waals surface area contributed by atoms with Gasteiger partial charge in [-0.05, 0) is 18.2 Å². The molecular formula is C14H10ClNO5. The number of halogens is 1. The highest BCUT2D eigenvalue weighted by Gasteiger charge is 2.14. The zero-order chi connectivity index (χ0) is 15.4. The Hall–Kier alpha value is -2.60. The second-order valence-corrected chi connectivity index (χ2v) is 4.43. The van der Waals surface area contributed by atoms with Gasteiger partial charge in [-0.3, -0.25) is 14.9 Å². The molecule has 0 unspecified atom stereocenters. The van der Waals surface area contributed by atoms with Crippen molar-refractivity contribution in [2.75, 3.05) is 7.11 Å². The fourth-order valence-corrected chi connectivity index (χ4v) is 1.83. The summed E-state index contributed by atoms with van der Waals surface area (Å²) >= 11 is 5.86. The molecule has 108 valence electrons. The van der Waals surface area contributed by atoms with E-state index in [0.717, 1.165) is 0 Å². The lowest BCUT2D eigenvalue weighted by molar-refractivity contribution is -0.384. The van der Waals surface area contributed by atoms with Gasteiger partial charge < -0.3 is 9.47 Å². The van der Waals surface area contributed by atoms with Gasteiger partial charge in [0.1, 0.15) is 5.75 Å². The molecule has 0 bridgehead atoms. The number of nitrogens with zero attached hydrogens (tertiary/aromatic N) is 1. The first-order valence-corrected chi connectivity index (χ1v) is 6.18. The van der Waals surface area contributed by atoms with Crippen LogP contribution >= 0.6 is 11.6 Å². The summed E-state index contributed by atoms with van der Waals surface area (Å²) in [4.78, 5) is 21.2. The summed E-state index contributed by atoms with van der Waals surface area (Å²) in [5.74, 6) is 0.666. The van der Waals surface area contributed by atoms with Crippen LogP contribution in [0.15, 0.2) is 36.4 Å². The molecule has 0 saturated carbocycles. The highest BCUT2D eigenvalue weighted by atomic mass is 35.5. The van der Waals surface area contributed by atoms with Crippen molar-refractivity contribution in [3.63, 3.8) is 0 Å². The smallest absolute Gasteiger partial charge is 0.273 e. The first kappa shape index (κ1) is 14.8. The number of non-ortho nitro benzene ring substituents is 1. The van der Waals surface area contributed by atoms with Gasteiger partial charge in [-0.1, -0.05) is 11.6 Å². The molecule has 0 saturated heterocycles. The van der Waals surface area contributed by atoms with Crippen LogP contribution in [0.3, 0.4) is 0 Å². The van der Waals surface area contributed by atoms with E-state index in [1.807, 2.05) is 0 Å². The van der Waals surface area contributed by atoms with E-state index in [2.05, 4.69) is 0 Å². The molecule has 21 heavy (non-hydrogen) atoms. The summed E-state index contributed by atoms with van der Waals surface area (Å²) in [6.07, 6.45) is 0.629. The van der Waals surface area contributed by atoms with E-state index in [-0.39, 0.29) is 22.9 Å². The highest BCUT2D eigenvalue weighted by molar-refractivity contribution is 6.30. The van der Waals surface area contributed by atoms with E-state index >= 15 is 0 Å². The molecule has 0 aromatic heterocycles. The van der Waals surface area contributed by atoms with Gasteiger partial charge in [0.05, 0.1) is 23.7 Å². The Morgan fingerprint density at radius 3 is 2.52 bits per heavy atom. The summed E-state index contributed by atoms with van der Waals surface area (Å²) in [5, 5.41) is 11.1. The Morgan fingerprint density at radius 1 is 1.14 bits per heavy atom. The fourth-order valence-electron chi connectivity index (χ4n) is 1.67. The average molecular weight is 308 g/mol. The Bertz CT molecular complexity index is 702. The third kappa shape index (κ3) is 3.29. The van der Waals surface area contributed by atoms with Crippen molar-refractivity contribution in [2.45, 2.75) is 0 Å². The molecule has 2 aromatic rings. The minimum absolute atomic E-state index is 0.124. The zero-order valence-corrected chi connectivity index (χ0v) is 11.7. The molecule has 7 heteroatoms. The number of hydrogen-bond acceptors (Lipinski definition) is 5. The zero-order valence-electron chi connectivity index (χ0n) is 10.9. The number of benzene rings is 2. The van der Waals surface area contributed by atoms with Gasteiger partial charge in [0.2, 0.25) is 0 Å². The van der Waals surface area contributed by atoms with Gasteiger partial charge in [0.15, 0.2) is 17.8 Å². The van der Waals surface area contributed by atoms with E-state index in [1.54, 1.807) is 6.07 Å². The van der Waals surface area contributed by atoms with Crippen LogP contribution in [-0.4, -0.2) is 18.3 Å². The van der Waals surface area contributed by atoms with Crippen molar-refractivity contribution in [1.29, 1.82) is 0 Å². The molecule has 6 nitrogen and oxygen atoms in total. The van der Waals surface area contributed by atoms with Crippen LogP contribution < -0.4 is 9.47 Å². The summed E-state index contributed by atoms with van der Waals surface area (Å²) < 4.78 is 10.6. The number of methoxy groups -OCH3 is 1. The Labute approximate surface area is 125 Å². The van der Waals surface area contributed by atoms with Crippen molar-refractivity contribution >= 4 is 23.6 Å². The topological polar surface area (TPSA) is 78.7 Å². The van der Waals surface area contributed by atoms with Crippen LogP contribution in [0.1, 0.15) is 10.4 Å². The first-order chi connectivity index (χ1) is 10.0. The minimum Gasteiger partial charge on any atom is -0.493 e. The average Bonchev–Trinajstić information content (AvgIpc) is 2.47. The summed E-state index contributed by atoms with van der Waals surface area (Å²) in [6, 6.07) is 8.47. The largest absolute Gasteiger partial charge is 0.493 e. The third-order valence-corrected chi connectivity index (χ3v) is 2.92. The maximum atomic E-state index is 11.0. The normalized spacial score (nSPS) is 10.0. The van der Waals surface area contributed by atoms with Gasteiger partial charge in [0, 0.05) is 17.2 Å². The van der Waals surface area contributed by atoms with E-state index < -0.39 is 4.92 Å². The SMILES string of the molecule is COc1cc([N+](=O)[O-])ccc1Oc1cc(Cl)ccc1C=O. The van der Waals surface area contributed by atoms with E-state index in [0.29, 0.717) is 16.9 Å². The fraction of sp³-hybridized carbons (Fsp3) is 0.0714. The number of carbonyl (C=O) groups is 1. The van der Waals surface area contributed by atoms with Crippen molar-refractivity contribution in [1.82, 2.24) is 0 Å². The number of carbonyl (C=O) groups excluding carboxylic acids is 1. The number of nitro benzene ring substituents is 1. The van der Waals surface area contributed by atoms with Crippen molar-refractivity contribution in [2.24, 2.45) is 0 Å². The molecule has 2 rings (SSSR count). The standard InChI is InChI=1S/C14H10ClNO5/c1-20-14-7-11(16(18)19)4-5-12(14)21-13-6-10(15)3-2-9(13)8-17/h2-8H,1H3. The lowest BCUT2D eigenvalue weighted by Crippen LogP contribution is -1.95. The molecule has 0 atom stereocenters. The number of hydrogen-bond donors (Lipinski definition) is 0. The maximum Gasteiger partial charge on any atom is 0.273 e. The predicted molar refractivity (Wildman–Crippen MR) is 76.6 cm³/mol. The van der Waals surface area contributed by atoms with Crippen LogP contribution in [-0.2, 0) is 0 Å². The maximum absolute atomic E-state index is 11.0. The second kappa shape index (κ2) is 6.23. The van der Waals surface area contributed by atoms with Crippen LogP contribution in [0.2, 0.25) is 5.02 Å². The van der Waals surface area contributed by atoms with E-state index in [4.69, 9.17) is 21.1 Å². The number of rotatable bonds is 5. The molecule has 0 spiro atoms. The van der Waals surface area contributed by atoms with E-state index in [9.17, 15) is 14.9 Å². The molecule has 0 aliphatic rings. The summed E-state index contributed by atoms with van der Waals surface area (Å²) in [5.41, 5.74) is 0.181. The first-order valence-electron chi connectivity index (χ1n) is 5.80. The quantitative estimate of drug-likeness (QED) is 0.476. The molecule has 0 aliphatic heterocycles. The van der Waals surface area contributed by atoms with Crippen molar-refractivity contribution in [3.8, 4) is 17.2 Å². The molecule has 2 aromatic carbocycles. The number of ether oxygens (including phenoxy) is 2. The van der Waals surface area contributed by atoms with Crippen LogP contribution in [0.4, 0.5) is 5.69 Å². The minimum atomic E-state index is -0.539. The molecule has 0 heterocycles. The molecule has 0 aliphatic carbocycles. The van der Waals surface area contributed by atoms with Gasteiger partial charge >= 0.3 is 0 Å². The molecule has 0 fully saturated rings. The Morgan fingerprint density at radius 2 is 1.90 bits per heavy atom. The second-order valence-electron chi connectivity index (χ2n) is 3.99. The van der Waals surface area contributed by atoms with E-state index in [1.165, 1.54) is 37.4 Å². The summed E-state index contributed by atoms with van der Waals surface area (Å²) in [7, 11) is 1.37. The van der Waals surface area contributed by atoms with Crippen molar-refractivity contribution < 1.29 is 19.2 Å². The van der Waals surface area contributed by atoms with Gasteiger partial charge in [-0.25, -0.2) is 0 Å². The molecule has 0 amide bonds. The number of aldehydes is 1. The van der Waals surface area contributed by atoms with Gasteiger partial charge in [-0.15, -0.1) is 0 Å².